The van der Waals surface area contributed by atoms with Gasteiger partial charge in [-0.05, 0) is 55.7 Å². The van der Waals surface area contributed by atoms with Crippen LogP contribution in [0.5, 0.6) is 0 Å². The Morgan fingerprint density at radius 1 is 1.18 bits per heavy atom. The fourth-order valence-corrected chi connectivity index (χ4v) is 4.48. The summed E-state index contributed by atoms with van der Waals surface area (Å²) in [6.45, 7) is 3.03. The van der Waals surface area contributed by atoms with Crippen LogP contribution in [-0.2, 0) is 11.2 Å². The van der Waals surface area contributed by atoms with E-state index in [1.807, 2.05) is 0 Å². The molecule has 22 heavy (non-hydrogen) atoms. The van der Waals surface area contributed by atoms with Crippen molar-refractivity contribution in [2.24, 2.45) is 5.92 Å². The molecule has 4 rings (SSSR count). The number of carbonyl (C=O) groups is 1. The number of hydrogen-bond donors (Lipinski definition) is 1. The molecule has 1 aromatic carbocycles. The van der Waals surface area contributed by atoms with Crippen LogP contribution in [0.4, 0.5) is 0 Å². The second kappa shape index (κ2) is 6.59. The monoisotopic (exact) mass is 320 g/mol. The molecule has 0 bridgehead atoms. The van der Waals surface area contributed by atoms with Crippen molar-refractivity contribution in [3.63, 3.8) is 0 Å². The quantitative estimate of drug-likeness (QED) is 0.863. The van der Waals surface area contributed by atoms with E-state index in [2.05, 4.69) is 34.5 Å². The van der Waals surface area contributed by atoms with Crippen molar-refractivity contribution in [2.45, 2.75) is 44.1 Å². The van der Waals surface area contributed by atoms with E-state index >= 15 is 0 Å². The van der Waals surface area contributed by atoms with Crippen LogP contribution in [0.3, 0.4) is 0 Å². The minimum atomic E-state index is 0. The van der Waals surface area contributed by atoms with Gasteiger partial charge in [-0.1, -0.05) is 24.3 Å². The predicted molar refractivity (Wildman–Crippen MR) is 90.5 cm³/mol. The molecule has 1 amide bonds. The molecule has 120 valence electrons. The standard InChI is InChI=1S/C18H24N2O.ClH/c21-18(20-11-9-17-14(12-20)8-10-19-17)16-7-3-5-13-4-1-2-6-15(13)16;/h1-2,4,6,14,16-17,19H,3,5,7-12H2;1H. The SMILES string of the molecule is Cl.O=C(C1CCCc2ccccc21)N1CCC2NCCC2C1. The number of benzene rings is 1. The number of amides is 1. The van der Waals surface area contributed by atoms with Crippen LogP contribution >= 0.6 is 12.4 Å². The minimum Gasteiger partial charge on any atom is -0.342 e. The van der Waals surface area contributed by atoms with E-state index in [1.165, 1.54) is 17.5 Å². The molecule has 0 aromatic heterocycles. The van der Waals surface area contributed by atoms with Gasteiger partial charge in [0, 0.05) is 19.1 Å². The Hall–Kier alpha value is -1.06. The number of nitrogens with zero attached hydrogens (tertiary/aromatic N) is 1. The van der Waals surface area contributed by atoms with Gasteiger partial charge in [0.1, 0.15) is 0 Å². The normalized spacial score (nSPS) is 30.2. The molecular weight excluding hydrogens is 296 g/mol. The third-order valence-corrected chi connectivity index (χ3v) is 5.63. The highest BCUT2D eigenvalue weighted by Gasteiger charge is 2.37. The molecule has 2 heterocycles. The second-order valence-corrected chi connectivity index (χ2v) is 6.83. The fourth-order valence-electron chi connectivity index (χ4n) is 4.48. The van der Waals surface area contributed by atoms with Gasteiger partial charge in [-0.15, -0.1) is 12.4 Å². The average molecular weight is 321 g/mol. The van der Waals surface area contributed by atoms with Crippen LogP contribution in [0.1, 0.15) is 42.7 Å². The lowest BCUT2D eigenvalue weighted by Gasteiger charge is -2.38. The van der Waals surface area contributed by atoms with Gasteiger partial charge in [-0.25, -0.2) is 0 Å². The van der Waals surface area contributed by atoms with E-state index in [4.69, 9.17) is 0 Å². The second-order valence-electron chi connectivity index (χ2n) is 6.83. The summed E-state index contributed by atoms with van der Waals surface area (Å²) in [5.41, 5.74) is 2.68. The zero-order chi connectivity index (χ0) is 14.2. The highest BCUT2D eigenvalue weighted by molar-refractivity contribution is 5.85. The average Bonchev–Trinajstić information content (AvgIpc) is 3.01. The minimum absolute atomic E-state index is 0. The first kappa shape index (κ1) is 15.8. The lowest BCUT2D eigenvalue weighted by Crippen LogP contribution is -2.48. The van der Waals surface area contributed by atoms with Gasteiger partial charge in [0.25, 0.3) is 0 Å². The Balaban J connectivity index is 0.00000144. The van der Waals surface area contributed by atoms with Gasteiger partial charge in [-0.3, -0.25) is 4.79 Å². The van der Waals surface area contributed by atoms with Crippen molar-refractivity contribution in [3.8, 4) is 0 Å². The van der Waals surface area contributed by atoms with Crippen molar-refractivity contribution < 1.29 is 4.79 Å². The number of rotatable bonds is 1. The molecule has 0 spiro atoms. The van der Waals surface area contributed by atoms with E-state index in [0.29, 0.717) is 17.9 Å². The van der Waals surface area contributed by atoms with Gasteiger partial charge in [0.15, 0.2) is 0 Å². The van der Waals surface area contributed by atoms with Crippen molar-refractivity contribution in [1.29, 1.82) is 0 Å². The maximum Gasteiger partial charge on any atom is 0.230 e. The van der Waals surface area contributed by atoms with Gasteiger partial charge < -0.3 is 10.2 Å². The van der Waals surface area contributed by atoms with Crippen LogP contribution in [0.2, 0.25) is 0 Å². The molecule has 0 radical (unpaired) electrons. The lowest BCUT2D eigenvalue weighted by atomic mass is 9.81. The fraction of sp³-hybridized carbons (Fsp3) is 0.611. The van der Waals surface area contributed by atoms with Gasteiger partial charge >= 0.3 is 0 Å². The number of nitrogens with one attached hydrogen (secondary N) is 1. The molecule has 3 aliphatic rings. The van der Waals surface area contributed by atoms with E-state index in [-0.39, 0.29) is 18.3 Å². The predicted octanol–water partition coefficient (Wildman–Crippen LogP) is 2.74. The Kier molecular flexibility index (Phi) is 4.74. The summed E-state index contributed by atoms with van der Waals surface area (Å²) in [5.74, 6) is 1.18. The number of likely N-dealkylation sites (tertiary alicyclic amines) is 1. The van der Waals surface area contributed by atoms with Crippen LogP contribution in [0.15, 0.2) is 24.3 Å². The number of aryl methyl sites for hydroxylation is 1. The Morgan fingerprint density at radius 3 is 2.95 bits per heavy atom. The number of hydrogen-bond acceptors (Lipinski definition) is 2. The summed E-state index contributed by atoms with van der Waals surface area (Å²) in [5, 5.41) is 3.58. The Labute approximate surface area is 138 Å². The zero-order valence-corrected chi connectivity index (χ0v) is 13.8. The van der Waals surface area contributed by atoms with E-state index in [9.17, 15) is 4.79 Å². The third kappa shape index (κ3) is 2.77. The largest absolute Gasteiger partial charge is 0.342 e. The highest BCUT2D eigenvalue weighted by Crippen LogP contribution is 2.34. The van der Waals surface area contributed by atoms with E-state index in [0.717, 1.165) is 45.3 Å². The molecule has 0 saturated carbocycles. The van der Waals surface area contributed by atoms with Crippen LogP contribution < -0.4 is 5.32 Å². The Bertz CT molecular complexity index is 548. The molecule has 2 saturated heterocycles. The molecule has 1 aliphatic carbocycles. The molecule has 1 aromatic rings. The first-order chi connectivity index (χ1) is 10.3. The summed E-state index contributed by atoms with van der Waals surface area (Å²) >= 11 is 0. The molecule has 2 aliphatic heterocycles. The molecule has 1 N–H and O–H groups in total. The van der Waals surface area contributed by atoms with Crippen LogP contribution in [0, 0.1) is 5.92 Å². The first-order valence-corrected chi connectivity index (χ1v) is 8.43. The zero-order valence-electron chi connectivity index (χ0n) is 13.0. The van der Waals surface area contributed by atoms with E-state index < -0.39 is 0 Å². The highest BCUT2D eigenvalue weighted by atomic mass is 35.5. The molecule has 3 nitrogen and oxygen atoms in total. The maximum absolute atomic E-state index is 13.0. The summed E-state index contributed by atoms with van der Waals surface area (Å²) in [7, 11) is 0. The molecule has 3 unspecified atom stereocenters. The summed E-state index contributed by atoms with van der Waals surface area (Å²) < 4.78 is 0. The summed E-state index contributed by atoms with van der Waals surface area (Å²) in [6.07, 6.45) is 5.67. The molecule has 4 heteroatoms. The number of halogens is 1. The molecule has 3 atom stereocenters. The van der Waals surface area contributed by atoms with Gasteiger partial charge in [0.2, 0.25) is 5.91 Å². The number of piperidine rings is 1. The van der Waals surface area contributed by atoms with Crippen molar-refractivity contribution >= 4 is 18.3 Å². The Morgan fingerprint density at radius 2 is 2.05 bits per heavy atom. The molecule has 2 fully saturated rings. The van der Waals surface area contributed by atoms with Crippen molar-refractivity contribution in [3.05, 3.63) is 35.4 Å². The topological polar surface area (TPSA) is 32.3 Å². The smallest absolute Gasteiger partial charge is 0.230 e. The van der Waals surface area contributed by atoms with Crippen LogP contribution in [0.25, 0.3) is 0 Å². The third-order valence-electron chi connectivity index (χ3n) is 5.63. The summed E-state index contributed by atoms with van der Waals surface area (Å²) in [4.78, 5) is 15.2. The summed E-state index contributed by atoms with van der Waals surface area (Å²) in [6, 6.07) is 9.20. The molecular formula is C18H25ClN2O. The van der Waals surface area contributed by atoms with Gasteiger partial charge in [0.05, 0.1) is 5.92 Å². The maximum atomic E-state index is 13.0. The number of carbonyl (C=O) groups excluding carboxylic acids is 1. The van der Waals surface area contributed by atoms with Crippen molar-refractivity contribution in [1.82, 2.24) is 10.2 Å². The van der Waals surface area contributed by atoms with Crippen LogP contribution in [-0.4, -0.2) is 36.5 Å². The van der Waals surface area contributed by atoms with E-state index in [1.54, 1.807) is 0 Å². The lowest BCUT2D eigenvalue weighted by molar-refractivity contribution is -0.135. The number of fused-ring (bicyclic) bond motifs is 2. The van der Waals surface area contributed by atoms with Gasteiger partial charge in [-0.2, -0.15) is 0 Å². The van der Waals surface area contributed by atoms with Crippen molar-refractivity contribution in [2.75, 3.05) is 19.6 Å². The first-order valence-electron chi connectivity index (χ1n) is 8.43.